The van der Waals surface area contributed by atoms with Gasteiger partial charge in [0.1, 0.15) is 17.3 Å². The third-order valence-electron chi connectivity index (χ3n) is 7.91. The summed E-state index contributed by atoms with van der Waals surface area (Å²) in [7, 11) is 1.62. The van der Waals surface area contributed by atoms with E-state index in [0.717, 1.165) is 11.1 Å². The maximum atomic E-state index is 13.2. The van der Waals surface area contributed by atoms with Crippen molar-refractivity contribution in [3.05, 3.63) is 104 Å². The standard InChI is InChI=1S/C31H38N2O8/c1-22-16-26(34)32-29(35)33(22)28-27(39-17-23(2)36-3)31(40-19-25-12-8-5-9-13-25)14-15-37-20-30(31,41-28)21-38-18-24-10-6-4-7-11-24/h4-13,16,23,27-28H,14-15,17-21H2,1-3H3,(H,32,34,35)/t23?,27-,28+,30+,31-/m0/s1. The van der Waals surface area contributed by atoms with Crippen molar-refractivity contribution in [2.45, 2.75) is 63.1 Å². The molecular formula is C31H38N2O8. The number of aromatic nitrogens is 2. The van der Waals surface area contributed by atoms with E-state index >= 15 is 0 Å². The third-order valence-corrected chi connectivity index (χ3v) is 7.91. The van der Waals surface area contributed by atoms with Gasteiger partial charge in [0.2, 0.25) is 0 Å². The smallest absolute Gasteiger partial charge is 0.330 e. The molecule has 0 saturated carbocycles. The lowest BCUT2D eigenvalue weighted by Gasteiger charge is -2.48. The molecule has 1 unspecified atom stereocenters. The molecule has 3 aromatic rings. The van der Waals surface area contributed by atoms with Gasteiger partial charge >= 0.3 is 5.69 Å². The number of hydrogen-bond donors (Lipinski definition) is 1. The van der Waals surface area contributed by atoms with Crippen LogP contribution in [0.2, 0.25) is 0 Å². The van der Waals surface area contributed by atoms with Crippen LogP contribution in [0.4, 0.5) is 0 Å². The number of ether oxygens (including phenoxy) is 6. The maximum absolute atomic E-state index is 13.2. The van der Waals surface area contributed by atoms with Crippen molar-refractivity contribution < 1.29 is 28.4 Å². The number of aromatic amines is 1. The zero-order valence-electron chi connectivity index (χ0n) is 23.7. The van der Waals surface area contributed by atoms with E-state index in [9.17, 15) is 9.59 Å². The summed E-state index contributed by atoms with van der Waals surface area (Å²) >= 11 is 0. The van der Waals surface area contributed by atoms with E-state index in [2.05, 4.69) is 4.98 Å². The minimum atomic E-state index is -1.12. The van der Waals surface area contributed by atoms with Crippen molar-refractivity contribution >= 4 is 0 Å². The molecule has 5 atom stereocenters. The van der Waals surface area contributed by atoms with E-state index in [1.807, 2.05) is 67.6 Å². The van der Waals surface area contributed by atoms with Crippen LogP contribution in [0, 0.1) is 6.92 Å². The van der Waals surface area contributed by atoms with Crippen molar-refractivity contribution in [2.75, 3.05) is 33.5 Å². The van der Waals surface area contributed by atoms with E-state index in [1.165, 1.54) is 10.6 Å². The Bertz CT molecular complexity index is 1390. The lowest BCUT2D eigenvalue weighted by molar-refractivity contribution is -0.258. The van der Waals surface area contributed by atoms with E-state index in [0.29, 0.717) is 25.3 Å². The predicted molar refractivity (Wildman–Crippen MR) is 151 cm³/mol. The molecule has 2 aromatic carbocycles. The Morgan fingerprint density at radius 1 is 1.05 bits per heavy atom. The maximum Gasteiger partial charge on any atom is 0.330 e. The van der Waals surface area contributed by atoms with E-state index in [4.69, 9.17) is 28.4 Å². The molecule has 1 N–H and O–H groups in total. The van der Waals surface area contributed by atoms with E-state index in [1.54, 1.807) is 14.0 Å². The Hall–Kier alpha value is -3.12. The molecular weight excluding hydrogens is 528 g/mol. The summed E-state index contributed by atoms with van der Waals surface area (Å²) in [5, 5.41) is 0. The van der Waals surface area contributed by atoms with Crippen LogP contribution < -0.4 is 11.2 Å². The fourth-order valence-corrected chi connectivity index (χ4v) is 5.70. The average molecular weight is 567 g/mol. The lowest BCUT2D eigenvalue weighted by Crippen LogP contribution is -2.66. The van der Waals surface area contributed by atoms with Crippen molar-refractivity contribution in [1.29, 1.82) is 0 Å². The van der Waals surface area contributed by atoms with Crippen molar-refractivity contribution in [1.82, 2.24) is 9.55 Å². The monoisotopic (exact) mass is 566 g/mol. The van der Waals surface area contributed by atoms with Gasteiger partial charge in [0.15, 0.2) is 6.23 Å². The lowest BCUT2D eigenvalue weighted by atomic mass is 9.77. The summed E-state index contributed by atoms with van der Waals surface area (Å²) in [6.45, 7) is 5.18. The summed E-state index contributed by atoms with van der Waals surface area (Å²) in [5.41, 5.74) is -0.816. The summed E-state index contributed by atoms with van der Waals surface area (Å²) in [4.78, 5) is 27.7. The zero-order valence-corrected chi connectivity index (χ0v) is 23.7. The molecule has 10 heteroatoms. The predicted octanol–water partition coefficient (Wildman–Crippen LogP) is 3.13. The molecule has 3 heterocycles. The third kappa shape index (κ3) is 6.08. The number of hydrogen-bond acceptors (Lipinski definition) is 8. The molecule has 2 saturated heterocycles. The summed E-state index contributed by atoms with van der Waals surface area (Å²) < 4.78 is 39.5. The first-order chi connectivity index (χ1) is 19.9. The first-order valence-electron chi connectivity index (χ1n) is 13.9. The number of nitrogens with one attached hydrogen (secondary N) is 1. The molecule has 5 rings (SSSR count). The number of aryl methyl sites for hydroxylation is 1. The Labute approximate surface area is 239 Å². The molecule has 2 aliphatic heterocycles. The average Bonchev–Trinajstić information content (AvgIpc) is 3.25. The van der Waals surface area contributed by atoms with Crippen LogP contribution in [0.1, 0.15) is 36.4 Å². The number of rotatable bonds is 12. The van der Waals surface area contributed by atoms with Crippen LogP contribution in [0.25, 0.3) is 0 Å². The SMILES string of the molecule is COC(C)CO[C@H]1[C@H](n2c(C)cc(=O)[nH]c2=O)O[C@@]2(COCc3ccccc3)COCC[C@]12OCc1ccccc1. The largest absolute Gasteiger partial charge is 0.379 e. The second-order valence-corrected chi connectivity index (χ2v) is 10.7. The van der Waals surface area contributed by atoms with Crippen molar-refractivity contribution in [3.8, 4) is 0 Å². The molecule has 0 amide bonds. The fourth-order valence-electron chi connectivity index (χ4n) is 5.70. The van der Waals surface area contributed by atoms with Crippen LogP contribution in [-0.4, -0.2) is 66.5 Å². The molecule has 0 aliphatic carbocycles. The Kier molecular flexibility index (Phi) is 9.18. The van der Waals surface area contributed by atoms with E-state index < -0.39 is 34.8 Å². The molecule has 0 bridgehead atoms. The molecule has 2 fully saturated rings. The molecule has 2 aliphatic rings. The van der Waals surface area contributed by atoms with Crippen LogP contribution in [0.5, 0.6) is 0 Å². The van der Waals surface area contributed by atoms with Crippen LogP contribution in [0.3, 0.4) is 0 Å². The van der Waals surface area contributed by atoms with Crippen LogP contribution in [0.15, 0.2) is 76.3 Å². The van der Waals surface area contributed by atoms with Gasteiger partial charge < -0.3 is 28.4 Å². The topological polar surface area (TPSA) is 110 Å². The number of H-pyrrole nitrogens is 1. The number of nitrogens with zero attached hydrogens (tertiary/aromatic N) is 1. The molecule has 10 nitrogen and oxygen atoms in total. The van der Waals surface area contributed by atoms with Gasteiger partial charge in [0.25, 0.3) is 5.56 Å². The van der Waals surface area contributed by atoms with Gasteiger partial charge in [0.05, 0.1) is 39.1 Å². The van der Waals surface area contributed by atoms with Crippen LogP contribution in [-0.2, 0) is 41.6 Å². The number of methoxy groups -OCH3 is 1. The van der Waals surface area contributed by atoms with Gasteiger partial charge in [-0.2, -0.15) is 0 Å². The normalized spacial score (nSPS) is 26.5. The highest BCUT2D eigenvalue weighted by atomic mass is 16.7. The highest BCUT2D eigenvalue weighted by Crippen LogP contribution is 2.53. The van der Waals surface area contributed by atoms with Crippen molar-refractivity contribution in [3.63, 3.8) is 0 Å². The zero-order chi connectivity index (χ0) is 28.9. The number of fused-ring (bicyclic) bond motifs is 1. The van der Waals surface area contributed by atoms with Crippen LogP contribution >= 0.6 is 0 Å². The minimum Gasteiger partial charge on any atom is -0.379 e. The van der Waals surface area contributed by atoms with Gasteiger partial charge in [-0.05, 0) is 25.0 Å². The Morgan fingerprint density at radius 3 is 2.39 bits per heavy atom. The van der Waals surface area contributed by atoms with Gasteiger partial charge in [-0.25, -0.2) is 4.79 Å². The molecule has 0 radical (unpaired) electrons. The summed E-state index contributed by atoms with van der Waals surface area (Å²) in [6.07, 6.45) is -1.47. The molecule has 41 heavy (non-hydrogen) atoms. The fraction of sp³-hybridized carbons (Fsp3) is 0.484. The van der Waals surface area contributed by atoms with Crippen molar-refractivity contribution in [2.24, 2.45) is 0 Å². The van der Waals surface area contributed by atoms with Gasteiger partial charge in [0, 0.05) is 31.9 Å². The van der Waals surface area contributed by atoms with Gasteiger partial charge in [-0.1, -0.05) is 60.7 Å². The summed E-state index contributed by atoms with van der Waals surface area (Å²) in [6, 6.07) is 21.1. The molecule has 0 spiro atoms. The highest BCUT2D eigenvalue weighted by molar-refractivity contribution is 5.20. The van der Waals surface area contributed by atoms with Gasteiger partial charge in [-0.15, -0.1) is 0 Å². The molecule has 220 valence electrons. The summed E-state index contributed by atoms with van der Waals surface area (Å²) in [5.74, 6) is 0. The molecule has 1 aromatic heterocycles. The van der Waals surface area contributed by atoms with E-state index in [-0.39, 0.29) is 32.5 Å². The first kappa shape index (κ1) is 29.4. The Morgan fingerprint density at radius 2 is 1.73 bits per heavy atom. The van der Waals surface area contributed by atoms with Gasteiger partial charge in [-0.3, -0.25) is 14.3 Å². The Balaban J connectivity index is 1.58. The minimum absolute atomic E-state index is 0.129. The highest BCUT2D eigenvalue weighted by Gasteiger charge is 2.70. The second kappa shape index (κ2) is 12.8. The first-order valence-corrected chi connectivity index (χ1v) is 13.9. The quantitative estimate of drug-likeness (QED) is 0.356. The second-order valence-electron chi connectivity index (χ2n) is 10.7. The number of benzene rings is 2.